The van der Waals surface area contributed by atoms with Gasteiger partial charge in [0.25, 0.3) is 5.56 Å². The van der Waals surface area contributed by atoms with Gasteiger partial charge >= 0.3 is 0 Å². The molecular formula is C21H22N2O4. The third-order valence-corrected chi connectivity index (χ3v) is 4.37. The van der Waals surface area contributed by atoms with Gasteiger partial charge in [0.15, 0.2) is 11.5 Å². The largest absolute Gasteiger partial charge is 0.493 e. The maximum absolute atomic E-state index is 12.3. The van der Waals surface area contributed by atoms with Crippen molar-refractivity contribution in [2.75, 3.05) is 14.2 Å². The predicted molar refractivity (Wildman–Crippen MR) is 104 cm³/mol. The van der Waals surface area contributed by atoms with Gasteiger partial charge in [-0.1, -0.05) is 17.7 Å². The average molecular weight is 366 g/mol. The van der Waals surface area contributed by atoms with Gasteiger partial charge in [0.05, 0.1) is 20.6 Å². The molecule has 1 heterocycles. The first-order valence-electron chi connectivity index (χ1n) is 8.60. The number of pyridine rings is 1. The summed E-state index contributed by atoms with van der Waals surface area (Å²) in [6.07, 6.45) is 0.185. The fourth-order valence-electron chi connectivity index (χ4n) is 2.93. The Morgan fingerprint density at radius 3 is 2.56 bits per heavy atom. The topological polar surface area (TPSA) is 80.4 Å². The molecule has 6 nitrogen and oxygen atoms in total. The number of amides is 1. The number of methoxy groups -OCH3 is 2. The van der Waals surface area contributed by atoms with Crippen LogP contribution in [0.2, 0.25) is 0 Å². The molecule has 0 atom stereocenters. The molecule has 0 saturated heterocycles. The number of aromatic amines is 1. The van der Waals surface area contributed by atoms with Crippen LogP contribution in [0.25, 0.3) is 10.9 Å². The number of hydrogen-bond acceptors (Lipinski definition) is 4. The molecular weight excluding hydrogens is 344 g/mol. The Kier molecular flexibility index (Phi) is 5.45. The predicted octanol–water partition coefficient (Wildman–Crippen LogP) is 2.71. The number of hydrogen-bond donors (Lipinski definition) is 2. The number of benzene rings is 2. The zero-order valence-corrected chi connectivity index (χ0v) is 15.6. The van der Waals surface area contributed by atoms with E-state index in [1.165, 1.54) is 0 Å². The van der Waals surface area contributed by atoms with Gasteiger partial charge in [-0.15, -0.1) is 0 Å². The lowest BCUT2D eigenvalue weighted by molar-refractivity contribution is -0.120. The summed E-state index contributed by atoms with van der Waals surface area (Å²) >= 11 is 0. The summed E-state index contributed by atoms with van der Waals surface area (Å²) in [5.74, 6) is 1.01. The zero-order chi connectivity index (χ0) is 19.4. The Hall–Kier alpha value is -3.28. The quantitative estimate of drug-likeness (QED) is 0.703. The highest BCUT2D eigenvalue weighted by Crippen LogP contribution is 2.27. The Labute approximate surface area is 157 Å². The highest BCUT2D eigenvalue weighted by molar-refractivity contribution is 5.81. The van der Waals surface area contributed by atoms with E-state index in [0.717, 1.165) is 22.0 Å². The number of nitrogens with one attached hydrogen (secondary N) is 2. The zero-order valence-electron chi connectivity index (χ0n) is 15.6. The van der Waals surface area contributed by atoms with Crippen molar-refractivity contribution >= 4 is 16.8 Å². The van der Waals surface area contributed by atoms with Gasteiger partial charge in [-0.2, -0.15) is 0 Å². The molecule has 6 heteroatoms. The Bertz CT molecular complexity index is 1040. The molecule has 0 fully saturated rings. The maximum atomic E-state index is 12.3. The molecule has 0 aliphatic rings. The van der Waals surface area contributed by atoms with E-state index < -0.39 is 0 Å². The number of rotatable bonds is 6. The molecule has 0 spiro atoms. The van der Waals surface area contributed by atoms with Crippen LogP contribution in [0.4, 0.5) is 0 Å². The number of carbonyl (C=O) groups excluding carboxylic acids is 1. The van der Waals surface area contributed by atoms with Crippen molar-refractivity contribution in [2.45, 2.75) is 19.9 Å². The molecule has 0 unspecified atom stereocenters. The molecule has 3 rings (SSSR count). The lowest BCUT2D eigenvalue weighted by Gasteiger charge is -2.10. The van der Waals surface area contributed by atoms with Gasteiger partial charge in [0, 0.05) is 17.6 Å². The summed E-state index contributed by atoms with van der Waals surface area (Å²) in [5.41, 5.74) is 3.02. The first-order valence-corrected chi connectivity index (χ1v) is 8.60. The van der Waals surface area contributed by atoms with Crippen LogP contribution >= 0.6 is 0 Å². The number of aryl methyl sites for hydroxylation is 1. The lowest BCUT2D eigenvalue weighted by Crippen LogP contribution is -2.28. The Morgan fingerprint density at radius 1 is 1.04 bits per heavy atom. The van der Waals surface area contributed by atoms with Gasteiger partial charge in [-0.05, 0) is 48.2 Å². The van der Waals surface area contributed by atoms with Gasteiger partial charge in [0.2, 0.25) is 5.91 Å². The fraction of sp³-hybridized carbons (Fsp3) is 0.238. The molecule has 0 aliphatic heterocycles. The van der Waals surface area contributed by atoms with Gasteiger partial charge in [-0.3, -0.25) is 9.59 Å². The summed E-state index contributed by atoms with van der Waals surface area (Å²) in [5, 5.41) is 3.75. The van der Waals surface area contributed by atoms with E-state index in [-0.39, 0.29) is 24.4 Å². The third-order valence-electron chi connectivity index (χ3n) is 4.37. The first-order chi connectivity index (χ1) is 13.0. The number of aromatic nitrogens is 1. The average Bonchev–Trinajstić information content (AvgIpc) is 2.66. The normalized spacial score (nSPS) is 10.6. The van der Waals surface area contributed by atoms with Crippen LogP contribution in [0.1, 0.15) is 16.7 Å². The van der Waals surface area contributed by atoms with Crippen molar-refractivity contribution < 1.29 is 14.3 Å². The Balaban J connectivity index is 1.70. The maximum Gasteiger partial charge on any atom is 0.253 e. The second-order valence-electron chi connectivity index (χ2n) is 6.36. The van der Waals surface area contributed by atoms with E-state index in [2.05, 4.69) is 10.3 Å². The van der Waals surface area contributed by atoms with Crippen LogP contribution in [0.15, 0.2) is 47.3 Å². The molecule has 0 radical (unpaired) electrons. The number of H-pyrrole nitrogens is 1. The minimum Gasteiger partial charge on any atom is -0.493 e. The van der Waals surface area contributed by atoms with Crippen molar-refractivity contribution in [3.63, 3.8) is 0 Å². The number of ether oxygens (including phenoxy) is 2. The number of fused-ring (bicyclic) bond motifs is 1. The fourth-order valence-corrected chi connectivity index (χ4v) is 2.93. The van der Waals surface area contributed by atoms with Crippen molar-refractivity contribution in [3.8, 4) is 11.5 Å². The monoisotopic (exact) mass is 366 g/mol. The highest BCUT2D eigenvalue weighted by atomic mass is 16.5. The van der Waals surface area contributed by atoms with E-state index in [9.17, 15) is 9.59 Å². The second kappa shape index (κ2) is 7.95. The molecule has 27 heavy (non-hydrogen) atoms. The van der Waals surface area contributed by atoms with Crippen LogP contribution in [0.5, 0.6) is 11.5 Å². The van der Waals surface area contributed by atoms with Crippen molar-refractivity contribution in [1.29, 1.82) is 0 Å². The molecule has 0 saturated carbocycles. The minimum atomic E-state index is -0.197. The SMILES string of the molecule is COc1ccc(CC(=O)NCc2cc3cc(C)ccc3[nH]c2=O)cc1OC. The van der Waals surface area contributed by atoms with Gasteiger partial charge in [0.1, 0.15) is 0 Å². The van der Waals surface area contributed by atoms with E-state index in [1.807, 2.05) is 37.3 Å². The van der Waals surface area contributed by atoms with Crippen molar-refractivity contribution in [3.05, 3.63) is 69.5 Å². The molecule has 1 aromatic heterocycles. The molecule has 1 amide bonds. The smallest absolute Gasteiger partial charge is 0.253 e. The van der Waals surface area contributed by atoms with Crippen LogP contribution in [-0.2, 0) is 17.8 Å². The first kappa shape index (κ1) is 18.5. The standard InChI is InChI=1S/C21H22N2O4/c1-13-4-6-17-15(8-13)11-16(21(25)23-17)12-22-20(24)10-14-5-7-18(26-2)19(9-14)27-3/h4-9,11H,10,12H2,1-3H3,(H,22,24)(H,23,25). The van der Waals surface area contributed by atoms with Crippen molar-refractivity contribution in [2.24, 2.45) is 0 Å². The summed E-state index contributed by atoms with van der Waals surface area (Å²) in [4.78, 5) is 27.3. The van der Waals surface area contributed by atoms with Crippen LogP contribution in [0, 0.1) is 6.92 Å². The van der Waals surface area contributed by atoms with Crippen molar-refractivity contribution in [1.82, 2.24) is 10.3 Å². The molecule has 2 N–H and O–H groups in total. The van der Waals surface area contributed by atoms with Crippen LogP contribution < -0.4 is 20.3 Å². The highest BCUT2D eigenvalue weighted by Gasteiger charge is 2.10. The molecule has 0 aliphatic carbocycles. The van der Waals surface area contributed by atoms with E-state index >= 15 is 0 Å². The van der Waals surface area contributed by atoms with Crippen LogP contribution in [-0.4, -0.2) is 25.1 Å². The summed E-state index contributed by atoms with van der Waals surface area (Å²) in [7, 11) is 3.11. The van der Waals surface area contributed by atoms with Gasteiger partial charge in [-0.25, -0.2) is 0 Å². The van der Waals surface area contributed by atoms with E-state index in [1.54, 1.807) is 26.4 Å². The molecule has 3 aromatic rings. The summed E-state index contributed by atoms with van der Waals surface area (Å²) < 4.78 is 10.4. The van der Waals surface area contributed by atoms with E-state index in [0.29, 0.717) is 17.1 Å². The van der Waals surface area contributed by atoms with Gasteiger partial charge < -0.3 is 19.8 Å². The lowest BCUT2D eigenvalue weighted by atomic mass is 10.1. The summed E-state index contributed by atoms with van der Waals surface area (Å²) in [6, 6.07) is 13.0. The molecule has 2 aromatic carbocycles. The van der Waals surface area contributed by atoms with Crippen LogP contribution in [0.3, 0.4) is 0 Å². The van der Waals surface area contributed by atoms with E-state index in [4.69, 9.17) is 9.47 Å². The molecule has 140 valence electrons. The second-order valence-corrected chi connectivity index (χ2v) is 6.36. The molecule has 0 bridgehead atoms. The minimum absolute atomic E-state index is 0.172. The summed E-state index contributed by atoms with van der Waals surface area (Å²) in [6.45, 7) is 2.17. The number of carbonyl (C=O) groups is 1. The third kappa shape index (κ3) is 4.28. The Morgan fingerprint density at radius 2 is 1.81 bits per heavy atom.